The number of nitrogens with zero attached hydrogens (tertiary/aromatic N) is 2. The predicted molar refractivity (Wildman–Crippen MR) is 147 cm³/mol. The number of ether oxygens (including phenoxy) is 3. The fourth-order valence-electron chi connectivity index (χ4n) is 3.94. The summed E-state index contributed by atoms with van der Waals surface area (Å²) in [5.41, 5.74) is -0.0367. The van der Waals surface area contributed by atoms with Crippen LogP contribution in [0.15, 0.2) is 28.8 Å². The van der Waals surface area contributed by atoms with Crippen LogP contribution < -0.4 is 20.1 Å². The Morgan fingerprint density at radius 2 is 1.87 bits per heavy atom. The van der Waals surface area contributed by atoms with E-state index in [-0.39, 0.29) is 37.0 Å². The van der Waals surface area contributed by atoms with Crippen LogP contribution in [0.2, 0.25) is 0 Å². The van der Waals surface area contributed by atoms with E-state index in [1.165, 1.54) is 19.1 Å². The fraction of sp³-hybridized carbons (Fsp3) is 0.571. The van der Waals surface area contributed by atoms with Crippen LogP contribution in [0, 0.1) is 6.92 Å². The third-order valence-electron chi connectivity index (χ3n) is 6.31. The predicted octanol–water partition coefficient (Wildman–Crippen LogP) is 4.02. The Morgan fingerprint density at radius 3 is 2.46 bits per heavy atom. The third-order valence-corrected chi connectivity index (χ3v) is 6.31. The molecule has 216 valence electrons. The zero-order valence-corrected chi connectivity index (χ0v) is 24.1. The number of para-hydroxylation sites is 1. The molecule has 0 spiro atoms. The van der Waals surface area contributed by atoms with Crippen molar-refractivity contribution >= 4 is 23.5 Å². The van der Waals surface area contributed by atoms with E-state index in [1.54, 1.807) is 31.2 Å². The number of carbonyl (C=O) groups is 3. The van der Waals surface area contributed by atoms with Gasteiger partial charge in [0.1, 0.15) is 11.8 Å². The van der Waals surface area contributed by atoms with Crippen molar-refractivity contribution in [1.82, 2.24) is 15.4 Å². The fourth-order valence-corrected chi connectivity index (χ4v) is 3.94. The SMILES string of the molecule is CCOCCCN(C(=O)CCC(=O)Nc1cc(C)on1)[C@@H](C(=O)NC(C)(C)CC)c1cccc(OC)c1OC. The zero-order valence-electron chi connectivity index (χ0n) is 24.1. The first kappa shape index (κ1) is 31.6. The van der Waals surface area contributed by atoms with Gasteiger partial charge in [-0.25, -0.2) is 0 Å². The molecule has 1 aromatic carbocycles. The number of hydrogen-bond donors (Lipinski definition) is 2. The van der Waals surface area contributed by atoms with Crippen molar-refractivity contribution in [3.63, 3.8) is 0 Å². The molecule has 0 fully saturated rings. The average Bonchev–Trinajstić information content (AvgIpc) is 3.32. The van der Waals surface area contributed by atoms with Gasteiger partial charge in [-0.15, -0.1) is 0 Å². The molecule has 0 unspecified atom stereocenters. The van der Waals surface area contributed by atoms with E-state index >= 15 is 0 Å². The summed E-state index contributed by atoms with van der Waals surface area (Å²) in [6, 6.07) is 5.77. The summed E-state index contributed by atoms with van der Waals surface area (Å²) < 4.78 is 21.6. The van der Waals surface area contributed by atoms with E-state index in [9.17, 15) is 14.4 Å². The molecule has 0 aliphatic heterocycles. The molecule has 0 radical (unpaired) electrons. The second-order valence-corrected chi connectivity index (χ2v) is 9.72. The van der Waals surface area contributed by atoms with Gasteiger partial charge in [-0.3, -0.25) is 14.4 Å². The van der Waals surface area contributed by atoms with Crippen molar-refractivity contribution in [3.8, 4) is 11.5 Å². The van der Waals surface area contributed by atoms with Gasteiger partial charge in [-0.2, -0.15) is 0 Å². The summed E-state index contributed by atoms with van der Waals surface area (Å²) in [5.74, 6) is 0.510. The molecule has 2 N–H and O–H groups in total. The number of hydrogen-bond acceptors (Lipinski definition) is 8. The lowest BCUT2D eigenvalue weighted by Crippen LogP contribution is -2.50. The molecule has 2 aromatic rings. The smallest absolute Gasteiger partial charge is 0.248 e. The van der Waals surface area contributed by atoms with Gasteiger partial charge in [0.25, 0.3) is 0 Å². The first-order valence-electron chi connectivity index (χ1n) is 13.2. The van der Waals surface area contributed by atoms with E-state index < -0.39 is 17.5 Å². The molecule has 0 aliphatic carbocycles. The number of carbonyl (C=O) groups excluding carboxylic acids is 3. The molecule has 2 rings (SSSR count). The largest absolute Gasteiger partial charge is 0.493 e. The highest BCUT2D eigenvalue weighted by Gasteiger charge is 2.36. The van der Waals surface area contributed by atoms with Crippen molar-refractivity contribution < 1.29 is 33.1 Å². The van der Waals surface area contributed by atoms with E-state index in [2.05, 4.69) is 15.8 Å². The molecule has 11 nitrogen and oxygen atoms in total. The van der Waals surface area contributed by atoms with Crippen LogP contribution in [0.1, 0.15) is 70.7 Å². The quantitative estimate of drug-likeness (QED) is 0.302. The van der Waals surface area contributed by atoms with E-state index in [0.29, 0.717) is 48.9 Å². The molecule has 11 heteroatoms. The van der Waals surface area contributed by atoms with E-state index in [1.807, 2.05) is 27.7 Å². The minimum absolute atomic E-state index is 0.100. The lowest BCUT2D eigenvalue weighted by atomic mass is 9.97. The molecule has 39 heavy (non-hydrogen) atoms. The maximum atomic E-state index is 13.9. The number of methoxy groups -OCH3 is 2. The van der Waals surface area contributed by atoms with Crippen LogP contribution in [0.5, 0.6) is 11.5 Å². The molecule has 0 bridgehead atoms. The van der Waals surface area contributed by atoms with Crippen LogP contribution in [-0.2, 0) is 19.1 Å². The number of nitrogens with one attached hydrogen (secondary N) is 2. The molecule has 0 saturated carbocycles. The Labute approximate surface area is 230 Å². The van der Waals surface area contributed by atoms with Crippen molar-refractivity contribution in [3.05, 3.63) is 35.6 Å². The van der Waals surface area contributed by atoms with Crippen LogP contribution in [0.4, 0.5) is 5.82 Å². The first-order chi connectivity index (χ1) is 18.6. The van der Waals surface area contributed by atoms with Gasteiger partial charge in [-0.05, 0) is 46.6 Å². The maximum Gasteiger partial charge on any atom is 0.248 e. The Kier molecular flexibility index (Phi) is 12.2. The van der Waals surface area contributed by atoms with Crippen molar-refractivity contribution in [2.75, 3.05) is 39.3 Å². The second-order valence-electron chi connectivity index (χ2n) is 9.72. The minimum atomic E-state index is -1.03. The van der Waals surface area contributed by atoms with E-state index in [0.717, 1.165) is 0 Å². The highest BCUT2D eigenvalue weighted by molar-refractivity contribution is 5.94. The van der Waals surface area contributed by atoms with Crippen molar-refractivity contribution in [1.29, 1.82) is 0 Å². The number of aromatic nitrogens is 1. The first-order valence-corrected chi connectivity index (χ1v) is 13.2. The molecular formula is C28H42N4O7. The highest BCUT2D eigenvalue weighted by atomic mass is 16.5. The van der Waals surface area contributed by atoms with Gasteiger partial charge in [0.05, 0.1) is 14.2 Å². The normalized spacial score (nSPS) is 12.0. The average molecular weight is 547 g/mol. The highest BCUT2D eigenvalue weighted by Crippen LogP contribution is 2.38. The number of aryl methyl sites for hydroxylation is 1. The Hall–Kier alpha value is -3.60. The Balaban J connectivity index is 2.42. The van der Waals surface area contributed by atoms with Gasteiger partial charge in [0, 0.05) is 49.8 Å². The molecule has 3 amide bonds. The van der Waals surface area contributed by atoms with Crippen LogP contribution in [0.25, 0.3) is 0 Å². The summed E-state index contributed by atoms with van der Waals surface area (Å²) in [7, 11) is 3.00. The van der Waals surface area contributed by atoms with Crippen LogP contribution in [-0.4, -0.2) is 67.3 Å². The topological polar surface area (TPSA) is 132 Å². The summed E-state index contributed by atoms with van der Waals surface area (Å²) in [6.45, 7) is 10.6. The standard InChI is InChI=1S/C28H42N4O7/c1-8-28(4,5)30-27(35)25(20-12-10-13-21(36-6)26(20)37-7)32(16-11-17-38-9-2)24(34)15-14-23(33)29-22-18-19(3)39-31-22/h10,12-13,18,25H,8-9,11,14-17H2,1-7H3,(H,30,35)(H,29,31,33)/t25-/m1/s1. The van der Waals surface area contributed by atoms with Gasteiger partial charge in [-0.1, -0.05) is 24.2 Å². The summed E-state index contributed by atoms with van der Waals surface area (Å²) in [4.78, 5) is 41.6. The van der Waals surface area contributed by atoms with Gasteiger partial charge in [0.15, 0.2) is 17.3 Å². The molecule has 1 atom stereocenters. The zero-order chi connectivity index (χ0) is 29.0. The Morgan fingerprint density at radius 1 is 1.13 bits per heavy atom. The van der Waals surface area contributed by atoms with Gasteiger partial charge < -0.3 is 34.3 Å². The molecule has 0 aliphatic rings. The Bertz CT molecular complexity index is 1100. The van der Waals surface area contributed by atoms with Crippen molar-refractivity contribution in [2.45, 2.75) is 71.9 Å². The molecule has 1 aromatic heterocycles. The van der Waals surface area contributed by atoms with E-state index in [4.69, 9.17) is 18.7 Å². The number of rotatable bonds is 16. The number of amides is 3. The number of anilines is 1. The maximum absolute atomic E-state index is 13.9. The minimum Gasteiger partial charge on any atom is -0.493 e. The van der Waals surface area contributed by atoms with Crippen LogP contribution >= 0.6 is 0 Å². The second kappa shape index (κ2) is 15.1. The summed E-state index contributed by atoms with van der Waals surface area (Å²) >= 11 is 0. The lowest BCUT2D eigenvalue weighted by molar-refractivity contribution is -0.142. The summed E-state index contributed by atoms with van der Waals surface area (Å²) in [6.07, 6.45) is 0.958. The monoisotopic (exact) mass is 546 g/mol. The molecule has 1 heterocycles. The van der Waals surface area contributed by atoms with Crippen LogP contribution in [0.3, 0.4) is 0 Å². The van der Waals surface area contributed by atoms with Gasteiger partial charge >= 0.3 is 0 Å². The molecular weight excluding hydrogens is 504 g/mol. The van der Waals surface area contributed by atoms with Gasteiger partial charge in [0.2, 0.25) is 17.7 Å². The van der Waals surface area contributed by atoms with Crippen molar-refractivity contribution in [2.24, 2.45) is 0 Å². The third kappa shape index (κ3) is 9.27. The molecule has 0 saturated heterocycles. The summed E-state index contributed by atoms with van der Waals surface area (Å²) in [5, 5.41) is 9.44. The number of benzene rings is 1. The lowest BCUT2D eigenvalue weighted by Gasteiger charge is -2.35.